The molecule has 0 bridgehead atoms. The zero-order valence-corrected chi connectivity index (χ0v) is 10.00. The first-order valence-electron chi connectivity index (χ1n) is 5.48. The number of carbonyl (C=O) groups excluding carboxylic acids is 1. The Morgan fingerprint density at radius 3 is 2.59 bits per heavy atom. The molecule has 92 valence electrons. The fraction of sp³-hybridized carbons (Fsp3) is 0.333. The molecule has 1 aromatic heterocycles. The molecule has 0 unspecified atom stereocenters. The van der Waals surface area contributed by atoms with E-state index in [1.165, 1.54) is 11.0 Å². The molecule has 0 aliphatic rings. The van der Waals surface area contributed by atoms with Crippen molar-refractivity contribution in [1.82, 2.24) is 4.57 Å². The molecule has 0 aliphatic carbocycles. The molecule has 0 saturated heterocycles. The zero-order chi connectivity index (χ0) is 12.7. The number of hydrogen-bond donors (Lipinski definition) is 0. The maximum Gasteiger partial charge on any atom is 0.287 e. The van der Waals surface area contributed by atoms with Crippen LogP contribution in [0.5, 0.6) is 0 Å². The first-order valence-corrected chi connectivity index (χ1v) is 5.48. The van der Waals surface area contributed by atoms with Crippen LogP contribution >= 0.6 is 0 Å². The summed E-state index contributed by atoms with van der Waals surface area (Å²) in [5, 5.41) is 8.43. The monoisotopic (exact) mass is 236 g/mol. The number of benzene rings is 1. The van der Waals surface area contributed by atoms with Crippen LogP contribution in [0, 0.1) is 0 Å². The van der Waals surface area contributed by atoms with Crippen molar-refractivity contribution in [2.75, 3.05) is 0 Å². The van der Waals surface area contributed by atoms with E-state index in [0.717, 1.165) is 13.1 Å². The lowest BCUT2D eigenvalue weighted by Crippen LogP contribution is -2.30. The third-order valence-electron chi connectivity index (χ3n) is 2.50. The van der Waals surface area contributed by atoms with Crippen molar-refractivity contribution in [3.63, 3.8) is 0 Å². The molecule has 0 N–H and O–H groups in total. The molecule has 2 aromatic rings. The Morgan fingerprint density at radius 1 is 1.41 bits per heavy atom. The molecule has 0 spiro atoms. The van der Waals surface area contributed by atoms with Gasteiger partial charge in [-0.2, -0.15) is 0 Å². The predicted octanol–water partition coefficient (Wildman–Crippen LogP) is 0.403. The van der Waals surface area contributed by atoms with E-state index < -0.39 is 0 Å². The van der Waals surface area contributed by atoms with Gasteiger partial charge in [0.15, 0.2) is 11.0 Å². The molecular weight excluding hydrogens is 220 g/mol. The minimum Gasteiger partial charge on any atom is -0.662 e. The Hall–Kier alpha value is -1.88. The molecule has 0 fully saturated rings. The van der Waals surface area contributed by atoms with Gasteiger partial charge in [0.05, 0.1) is 13.1 Å². The van der Waals surface area contributed by atoms with E-state index in [2.05, 4.69) is 58.5 Å². The number of para-hydroxylation sites is 2. The Kier molecular flexibility index (Phi) is 5.16. The Morgan fingerprint density at radius 2 is 2.06 bits per heavy atom. The van der Waals surface area contributed by atoms with Gasteiger partial charge in [0.1, 0.15) is 0 Å². The summed E-state index contributed by atoms with van der Waals surface area (Å²) in [6.07, 6.45) is 2.19. The smallest absolute Gasteiger partial charge is 0.287 e. The van der Waals surface area contributed by atoms with Gasteiger partial charge in [0.2, 0.25) is 6.33 Å². The number of aromatic nitrogens is 2. The second-order valence-electron chi connectivity index (χ2n) is 3.37. The molecule has 0 atom stereocenters. The summed E-state index contributed by atoms with van der Waals surface area (Å²) in [7, 11) is 0. The van der Waals surface area contributed by atoms with Crippen molar-refractivity contribution in [3.05, 3.63) is 30.6 Å². The maximum absolute atomic E-state index is 8.64. The Bertz CT molecular complexity index is 442. The normalized spacial score (nSPS) is 9.59. The Labute approximate surface area is 99.8 Å². The fourth-order valence-corrected chi connectivity index (χ4v) is 1.75. The molecule has 0 amide bonds. The number of aryl methyl sites for hydroxylation is 2. The van der Waals surface area contributed by atoms with Gasteiger partial charge in [-0.3, -0.25) is 4.79 Å². The van der Waals surface area contributed by atoms with E-state index in [-0.39, 0.29) is 6.47 Å². The van der Waals surface area contributed by atoms with Crippen LogP contribution in [0.1, 0.15) is 13.8 Å². The van der Waals surface area contributed by atoms with E-state index in [1.807, 2.05) is 0 Å². The maximum atomic E-state index is 8.64. The van der Waals surface area contributed by atoms with Gasteiger partial charge < -0.3 is 10.1 Å². The third-order valence-corrected chi connectivity index (χ3v) is 2.50. The molecule has 1 aromatic carbocycles. The van der Waals surface area contributed by atoms with Crippen molar-refractivity contribution in [3.8, 4) is 0 Å². The van der Waals surface area contributed by atoms with E-state index >= 15 is 0 Å². The number of hydrogen-bond acceptors (Lipinski definition) is 3. The minimum atomic E-state index is -0.181. The highest BCUT2D eigenvalue weighted by molar-refractivity contribution is 5.71. The molecule has 5 heteroatoms. The molecule has 17 heavy (non-hydrogen) atoms. The molecule has 0 radical (unpaired) electrons. The van der Waals surface area contributed by atoms with Gasteiger partial charge in [-0.15, -0.1) is 0 Å². The molecule has 5 nitrogen and oxygen atoms in total. The molecule has 0 saturated carbocycles. The first-order chi connectivity index (χ1) is 8.28. The Balaban J connectivity index is 0.000000317. The van der Waals surface area contributed by atoms with Crippen LogP contribution in [-0.2, 0) is 22.8 Å². The average Bonchev–Trinajstić information content (AvgIpc) is 2.77. The average molecular weight is 236 g/mol. The summed E-state index contributed by atoms with van der Waals surface area (Å²) < 4.78 is 4.55. The molecule has 2 rings (SSSR count). The summed E-state index contributed by atoms with van der Waals surface area (Å²) in [5.74, 6) is 0. The van der Waals surface area contributed by atoms with Gasteiger partial charge in [0, 0.05) is 0 Å². The third kappa shape index (κ3) is 3.04. The highest BCUT2D eigenvalue weighted by Gasteiger charge is 2.11. The van der Waals surface area contributed by atoms with Crippen molar-refractivity contribution in [2.45, 2.75) is 26.9 Å². The zero-order valence-electron chi connectivity index (χ0n) is 10.00. The van der Waals surface area contributed by atoms with Crippen LogP contribution in [-0.4, -0.2) is 11.0 Å². The van der Waals surface area contributed by atoms with Crippen molar-refractivity contribution >= 4 is 17.5 Å². The largest absolute Gasteiger partial charge is 0.662 e. The second-order valence-corrected chi connectivity index (χ2v) is 3.37. The van der Waals surface area contributed by atoms with Gasteiger partial charge in [-0.05, 0) is 26.0 Å². The quantitative estimate of drug-likeness (QED) is 0.335. The lowest BCUT2D eigenvalue weighted by atomic mass is 10.3. The van der Waals surface area contributed by atoms with Crippen LogP contribution in [0.15, 0.2) is 30.6 Å². The van der Waals surface area contributed by atoms with Crippen LogP contribution in [0.25, 0.3) is 11.0 Å². The van der Waals surface area contributed by atoms with Crippen LogP contribution in [0.4, 0.5) is 0 Å². The fourth-order valence-electron chi connectivity index (χ4n) is 1.75. The molecule has 1 heterocycles. The summed E-state index contributed by atoms with van der Waals surface area (Å²) in [6.45, 7) is 6.24. The summed E-state index contributed by atoms with van der Waals surface area (Å²) >= 11 is 0. The number of fused-ring (bicyclic) bond motifs is 1. The standard InChI is InChI=1S/C11H15N2.CH2O3/c1-3-12-9-13(4-2)11-8-6-5-7-10(11)12;2-1-4-3/h5-9H,3-4H2,1-2H3;1,3H/q+1;/p-1. The number of carbonyl (C=O) groups is 1. The number of imidazole rings is 1. The first kappa shape index (κ1) is 13.2. The van der Waals surface area contributed by atoms with E-state index in [0.29, 0.717) is 0 Å². The molecule has 0 aliphatic heterocycles. The van der Waals surface area contributed by atoms with Gasteiger partial charge >= 0.3 is 0 Å². The van der Waals surface area contributed by atoms with Crippen LogP contribution < -0.4 is 9.82 Å². The van der Waals surface area contributed by atoms with E-state index in [9.17, 15) is 0 Å². The highest BCUT2D eigenvalue weighted by atomic mass is 17.1. The summed E-state index contributed by atoms with van der Waals surface area (Å²) in [4.78, 5) is 11.2. The topological polar surface area (TPSA) is 58.2 Å². The summed E-state index contributed by atoms with van der Waals surface area (Å²) in [5.41, 5.74) is 2.65. The summed E-state index contributed by atoms with van der Waals surface area (Å²) in [6, 6.07) is 8.53. The van der Waals surface area contributed by atoms with Crippen molar-refractivity contribution in [2.24, 2.45) is 0 Å². The van der Waals surface area contributed by atoms with Gasteiger partial charge in [0.25, 0.3) is 6.47 Å². The lowest BCUT2D eigenvalue weighted by molar-refractivity contribution is -0.668. The van der Waals surface area contributed by atoms with Gasteiger partial charge in [-0.1, -0.05) is 12.1 Å². The predicted molar refractivity (Wildman–Crippen MR) is 60.6 cm³/mol. The van der Waals surface area contributed by atoms with E-state index in [4.69, 9.17) is 10.1 Å². The van der Waals surface area contributed by atoms with Crippen molar-refractivity contribution in [1.29, 1.82) is 0 Å². The van der Waals surface area contributed by atoms with Gasteiger partial charge in [-0.25, -0.2) is 9.13 Å². The van der Waals surface area contributed by atoms with Crippen LogP contribution in [0.2, 0.25) is 0 Å². The second kappa shape index (κ2) is 6.65. The SMILES string of the molecule is CCn1c[n+](CC)c2ccccc21.O=CO[O-]. The minimum absolute atomic E-state index is 0.181. The number of nitrogens with zero attached hydrogens (tertiary/aromatic N) is 2. The van der Waals surface area contributed by atoms with Crippen molar-refractivity contribution < 1.29 is 19.5 Å². The van der Waals surface area contributed by atoms with E-state index in [1.54, 1.807) is 0 Å². The highest BCUT2D eigenvalue weighted by Crippen LogP contribution is 2.09. The lowest BCUT2D eigenvalue weighted by Gasteiger charge is -1.88. The number of rotatable bonds is 3. The molecular formula is C12H16N2O3. The van der Waals surface area contributed by atoms with Crippen LogP contribution in [0.3, 0.4) is 0 Å².